The van der Waals surface area contributed by atoms with Crippen LogP contribution in [-0.2, 0) is 19.9 Å². The minimum Gasteiger partial charge on any atom is -0.481 e. The summed E-state index contributed by atoms with van der Waals surface area (Å²) in [6.45, 7) is 0. The van der Waals surface area contributed by atoms with E-state index in [1.165, 1.54) is 0 Å². The molecule has 0 aromatic rings. The van der Waals surface area contributed by atoms with Crippen molar-refractivity contribution in [2.75, 3.05) is 0 Å². The van der Waals surface area contributed by atoms with Gasteiger partial charge in [0.25, 0.3) is 0 Å². The van der Waals surface area contributed by atoms with Gasteiger partial charge in [0.15, 0.2) is 0 Å². The number of rotatable bonds is 2. The second-order valence-corrected chi connectivity index (χ2v) is 3.66. The van der Waals surface area contributed by atoms with Crippen molar-refractivity contribution in [2.24, 2.45) is 5.92 Å². The molecule has 0 aliphatic heterocycles. The summed E-state index contributed by atoms with van der Waals surface area (Å²) in [6, 6.07) is 0. The normalized spacial score (nSPS) is 18.4. The fraction of sp³-hybridized carbons (Fsp3) is 0.125. The summed E-state index contributed by atoms with van der Waals surface area (Å²) in [4.78, 5) is 20.7. The van der Waals surface area contributed by atoms with E-state index >= 15 is 0 Å². The Morgan fingerprint density at radius 2 is 1.81 bits per heavy atom. The maximum Gasteiger partial charge on any atom is 0.335 e. The van der Waals surface area contributed by atoms with Gasteiger partial charge in [-0.3, -0.25) is 4.79 Å². The van der Waals surface area contributed by atoms with Crippen LogP contribution in [0.5, 0.6) is 0 Å². The molecule has 8 heteroatoms. The summed E-state index contributed by atoms with van der Waals surface area (Å²) in [5.41, 5.74) is -0.258. The summed E-state index contributed by atoms with van der Waals surface area (Å²) in [5.74, 6) is -3.96. The van der Waals surface area contributed by atoms with Crippen molar-refractivity contribution in [3.8, 4) is 0 Å². The third-order valence-electron chi connectivity index (χ3n) is 1.78. The SMILES string of the molecule is O=C(O)C1=CC(=S(=O)=O)C(C(=O)O)C=C1.[Na]. The van der Waals surface area contributed by atoms with Crippen molar-refractivity contribution < 1.29 is 28.2 Å². The number of hydrogen-bond acceptors (Lipinski definition) is 4. The molecule has 0 saturated carbocycles. The largest absolute Gasteiger partial charge is 0.481 e. The van der Waals surface area contributed by atoms with Crippen LogP contribution in [0.15, 0.2) is 23.8 Å². The molecule has 1 unspecified atom stereocenters. The van der Waals surface area contributed by atoms with Crippen molar-refractivity contribution >= 4 is 56.7 Å². The van der Waals surface area contributed by atoms with Gasteiger partial charge in [0.2, 0.25) is 10.3 Å². The van der Waals surface area contributed by atoms with Crippen LogP contribution in [0, 0.1) is 5.92 Å². The number of allylic oxidation sites excluding steroid dienone is 1. The minimum atomic E-state index is -2.75. The van der Waals surface area contributed by atoms with Crippen molar-refractivity contribution in [1.29, 1.82) is 0 Å². The number of carboxylic acids is 2. The summed E-state index contributed by atoms with van der Waals surface area (Å²) < 4.78 is 21.3. The van der Waals surface area contributed by atoms with Gasteiger partial charge in [-0.15, -0.1) is 0 Å². The Labute approximate surface area is 114 Å². The Morgan fingerprint density at radius 3 is 2.19 bits per heavy atom. The predicted octanol–water partition coefficient (Wildman–Crippen LogP) is -1.06. The van der Waals surface area contributed by atoms with Crippen LogP contribution in [0.1, 0.15) is 0 Å². The number of carboxylic acid groups (broad SMARTS) is 2. The molecule has 81 valence electrons. The zero-order chi connectivity index (χ0) is 11.6. The van der Waals surface area contributed by atoms with Crippen LogP contribution in [-0.4, -0.2) is 65.0 Å². The van der Waals surface area contributed by atoms with E-state index in [-0.39, 0.29) is 35.1 Å². The van der Waals surface area contributed by atoms with Gasteiger partial charge in [-0.25, -0.2) is 4.79 Å². The van der Waals surface area contributed by atoms with Crippen molar-refractivity contribution in [2.45, 2.75) is 0 Å². The fourth-order valence-electron chi connectivity index (χ4n) is 1.07. The number of aliphatic carboxylic acids is 2. The first-order valence-corrected chi connectivity index (χ1v) is 4.83. The van der Waals surface area contributed by atoms with Crippen molar-refractivity contribution in [1.82, 2.24) is 0 Å². The third-order valence-corrected chi connectivity index (χ3v) is 2.53. The average Bonchev–Trinajstić information content (AvgIpc) is 2.16. The minimum absolute atomic E-state index is 0. The monoisotopic (exact) mass is 253 g/mol. The van der Waals surface area contributed by atoms with E-state index in [1.54, 1.807) is 0 Å². The average molecular weight is 253 g/mol. The zero-order valence-electron chi connectivity index (χ0n) is 8.25. The van der Waals surface area contributed by atoms with Crippen LogP contribution in [0.25, 0.3) is 0 Å². The van der Waals surface area contributed by atoms with Crippen LogP contribution < -0.4 is 0 Å². The smallest absolute Gasteiger partial charge is 0.335 e. The molecule has 0 aromatic carbocycles. The van der Waals surface area contributed by atoms with E-state index in [9.17, 15) is 18.0 Å². The Kier molecular flexibility index (Phi) is 5.66. The molecule has 1 aliphatic carbocycles. The predicted molar refractivity (Wildman–Crippen MR) is 55.7 cm³/mol. The molecule has 1 atom stereocenters. The molecule has 0 fully saturated rings. The van der Waals surface area contributed by atoms with Crippen LogP contribution in [0.3, 0.4) is 0 Å². The molecule has 0 spiro atoms. The summed E-state index contributed by atoms with van der Waals surface area (Å²) >= 11 is 0. The molecule has 1 radical (unpaired) electrons. The first-order chi connectivity index (χ1) is 6.93. The van der Waals surface area contributed by atoms with Crippen molar-refractivity contribution in [3.05, 3.63) is 23.8 Å². The Hall–Kier alpha value is -0.890. The molecular weight excluding hydrogens is 247 g/mol. The van der Waals surface area contributed by atoms with E-state index in [2.05, 4.69) is 0 Å². The molecule has 0 amide bonds. The van der Waals surface area contributed by atoms with Crippen LogP contribution in [0.4, 0.5) is 0 Å². The van der Waals surface area contributed by atoms with Gasteiger partial charge in [0, 0.05) is 29.6 Å². The maximum absolute atomic E-state index is 10.7. The van der Waals surface area contributed by atoms with Gasteiger partial charge < -0.3 is 10.2 Å². The second kappa shape index (κ2) is 6.00. The first-order valence-electron chi connectivity index (χ1n) is 3.75. The fourth-order valence-corrected chi connectivity index (χ4v) is 1.68. The van der Waals surface area contributed by atoms with E-state index in [0.717, 1.165) is 18.2 Å². The summed E-state index contributed by atoms with van der Waals surface area (Å²) in [7, 11) is -2.75. The molecule has 16 heavy (non-hydrogen) atoms. The summed E-state index contributed by atoms with van der Waals surface area (Å²) in [5, 5.41) is 17.2. The molecule has 0 aromatic heterocycles. The molecule has 6 nitrogen and oxygen atoms in total. The quantitative estimate of drug-likeness (QED) is 0.479. The molecule has 0 saturated heterocycles. The Bertz CT molecular complexity index is 505. The zero-order valence-corrected chi connectivity index (χ0v) is 11.1. The van der Waals surface area contributed by atoms with Gasteiger partial charge in [-0.1, -0.05) is 12.2 Å². The van der Waals surface area contributed by atoms with Gasteiger partial charge in [0.1, 0.15) is 5.92 Å². The summed E-state index contributed by atoms with van der Waals surface area (Å²) in [6.07, 6.45) is 2.93. The van der Waals surface area contributed by atoms with Gasteiger partial charge in [0.05, 0.1) is 10.4 Å². The molecule has 1 aliphatic rings. The third kappa shape index (κ3) is 3.31. The molecule has 0 heterocycles. The van der Waals surface area contributed by atoms with Crippen molar-refractivity contribution in [3.63, 3.8) is 0 Å². The second-order valence-electron chi connectivity index (χ2n) is 2.72. The first kappa shape index (κ1) is 15.1. The van der Waals surface area contributed by atoms with E-state index in [0.29, 0.717) is 0 Å². The van der Waals surface area contributed by atoms with E-state index in [4.69, 9.17) is 10.2 Å². The Morgan fingerprint density at radius 1 is 1.25 bits per heavy atom. The molecule has 1 rings (SSSR count). The van der Waals surface area contributed by atoms with Crippen LogP contribution >= 0.6 is 0 Å². The van der Waals surface area contributed by atoms with Crippen LogP contribution in [0.2, 0.25) is 0 Å². The topological polar surface area (TPSA) is 109 Å². The standard InChI is InChI=1S/C8H6O6S.Na/c9-7(10)4-1-2-5(8(11)12)6(3-4)15(13)14;/h1-3,5H,(H,9,10)(H,11,12);. The molecule has 2 N–H and O–H groups in total. The number of carbonyl (C=O) groups is 2. The maximum atomic E-state index is 10.7. The van der Waals surface area contributed by atoms with E-state index < -0.39 is 33.0 Å². The van der Waals surface area contributed by atoms with Gasteiger partial charge >= 0.3 is 11.9 Å². The Balaban J connectivity index is 0.00000225. The molecule has 0 bridgehead atoms. The van der Waals surface area contributed by atoms with Gasteiger partial charge in [-0.05, 0) is 6.08 Å². The number of hydrogen-bond donors (Lipinski definition) is 2. The van der Waals surface area contributed by atoms with E-state index in [1.807, 2.05) is 0 Å². The van der Waals surface area contributed by atoms with Gasteiger partial charge in [-0.2, -0.15) is 8.42 Å². The molecular formula is C8H6NaO6S.